The van der Waals surface area contributed by atoms with Gasteiger partial charge in [-0.15, -0.1) is 0 Å². The van der Waals surface area contributed by atoms with Gasteiger partial charge in [-0.05, 0) is 58.7 Å². The molecule has 1 unspecified atom stereocenters. The number of hydrogen-bond acceptors (Lipinski definition) is 4. The first-order valence-corrected chi connectivity index (χ1v) is 10.3. The maximum absolute atomic E-state index is 13.1. The molecule has 0 spiro atoms. The van der Waals surface area contributed by atoms with E-state index in [1.165, 1.54) is 0 Å². The van der Waals surface area contributed by atoms with E-state index in [1.807, 2.05) is 50.8 Å². The SMILES string of the molecule is CC[NH+](CC(=O)NC(C)(C)C)CC(=O)N1CCC[C@H]1c1cc(OC)ccc1OC. The van der Waals surface area contributed by atoms with Gasteiger partial charge < -0.3 is 24.6 Å². The first-order chi connectivity index (χ1) is 13.7. The molecule has 0 bridgehead atoms. The Labute approximate surface area is 174 Å². The van der Waals surface area contributed by atoms with Crippen LogP contribution in [0.15, 0.2) is 18.2 Å². The summed E-state index contributed by atoms with van der Waals surface area (Å²) in [4.78, 5) is 28.3. The number of carbonyl (C=O) groups is 2. The number of ether oxygens (including phenoxy) is 2. The Hall–Kier alpha value is -2.28. The fraction of sp³-hybridized carbons (Fsp3) is 0.636. The lowest BCUT2D eigenvalue weighted by Gasteiger charge is -2.28. The summed E-state index contributed by atoms with van der Waals surface area (Å²) in [5.74, 6) is 1.55. The lowest BCUT2D eigenvalue weighted by atomic mass is 10.0. The van der Waals surface area contributed by atoms with Crippen molar-refractivity contribution in [3.05, 3.63) is 23.8 Å². The number of nitrogens with one attached hydrogen (secondary N) is 2. The van der Waals surface area contributed by atoms with E-state index >= 15 is 0 Å². The Balaban J connectivity index is 2.10. The predicted molar refractivity (Wildman–Crippen MR) is 112 cm³/mol. The molecule has 1 heterocycles. The van der Waals surface area contributed by atoms with Crippen LogP contribution in [0.5, 0.6) is 11.5 Å². The second kappa shape index (κ2) is 9.96. The highest BCUT2D eigenvalue weighted by Crippen LogP contribution is 2.38. The second-order valence-electron chi connectivity index (χ2n) is 8.61. The molecule has 162 valence electrons. The fourth-order valence-electron chi connectivity index (χ4n) is 3.81. The molecule has 7 heteroatoms. The summed E-state index contributed by atoms with van der Waals surface area (Å²) in [6, 6.07) is 5.67. The van der Waals surface area contributed by atoms with E-state index in [0.717, 1.165) is 41.3 Å². The topological polar surface area (TPSA) is 72.3 Å². The van der Waals surface area contributed by atoms with Crippen LogP contribution in [0.25, 0.3) is 0 Å². The van der Waals surface area contributed by atoms with Crippen molar-refractivity contribution in [3.8, 4) is 11.5 Å². The smallest absolute Gasteiger partial charge is 0.278 e. The maximum Gasteiger partial charge on any atom is 0.278 e. The Morgan fingerprint density at radius 3 is 2.52 bits per heavy atom. The van der Waals surface area contributed by atoms with Crippen molar-refractivity contribution in [1.29, 1.82) is 0 Å². The lowest BCUT2D eigenvalue weighted by Crippen LogP contribution is -3.14. The number of carbonyl (C=O) groups excluding carboxylic acids is 2. The number of rotatable bonds is 8. The van der Waals surface area contributed by atoms with E-state index in [9.17, 15) is 9.59 Å². The zero-order chi connectivity index (χ0) is 21.6. The minimum atomic E-state index is -0.275. The Kier molecular flexibility index (Phi) is 7.90. The van der Waals surface area contributed by atoms with Gasteiger partial charge in [0.15, 0.2) is 13.1 Å². The normalized spacial score (nSPS) is 17.7. The maximum atomic E-state index is 13.1. The number of likely N-dealkylation sites (N-methyl/N-ethyl adjacent to an activating group) is 1. The van der Waals surface area contributed by atoms with Crippen molar-refractivity contribution in [2.24, 2.45) is 0 Å². The lowest BCUT2D eigenvalue weighted by molar-refractivity contribution is -0.882. The van der Waals surface area contributed by atoms with E-state index in [4.69, 9.17) is 9.47 Å². The number of nitrogens with zero attached hydrogens (tertiary/aromatic N) is 1. The van der Waals surface area contributed by atoms with Crippen LogP contribution in [0.3, 0.4) is 0 Å². The second-order valence-corrected chi connectivity index (χ2v) is 8.61. The Bertz CT molecular complexity index is 714. The molecule has 7 nitrogen and oxygen atoms in total. The molecule has 0 saturated carbocycles. The van der Waals surface area contributed by atoms with Gasteiger partial charge in [0.25, 0.3) is 11.8 Å². The molecule has 1 aliphatic rings. The van der Waals surface area contributed by atoms with E-state index in [0.29, 0.717) is 19.6 Å². The van der Waals surface area contributed by atoms with Gasteiger partial charge in [0.2, 0.25) is 0 Å². The van der Waals surface area contributed by atoms with Gasteiger partial charge in [-0.25, -0.2) is 0 Å². The quantitative estimate of drug-likeness (QED) is 0.680. The van der Waals surface area contributed by atoms with Crippen molar-refractivity contribution in [2.45, 2.75) is 52.1 Å². The summed E-state index contributed by atoms with van der Waals surface area (Å²) >= 11 is 0. The zero-order valence-corrected chi connectivity index (χ0v) is 18.6. The molecule has 2 N–H and O–H groups in total. The summed E-state index contributed by atoms with van der Waals surface area (Å²) in [6.07, 6.45) is 1.84. The van der Waals surface area contributed by atoms with Gasteiger partial charge in [0.1, 0.15) is 11.5 Å². The fourth-order valence-corrected chi connectivity index (χ4v) is 3.81. The summed E-state index contributed by atoms with van der Waals surface area (Å²) in [5.41, 5.74) is 0.698. The third kappa shape index (κ3) is 6.35. The van der Waals surface area contributed by atoms with Crippen LogP contribution in [-0.4, -0.2) is 62.7 Å². The number of amides is 2. The molecule has 1 fully saturated rings. The first kappa shape index (κ1) is 23.0. The number of methoxy groups -OCH3 is 2. The Morgan fingerprint density at radius 1 is 1.21 bits per heavy atom. The Morgan fingerprint density at radius 2 is 1.93 bits per heavy atom. The predicted octanol–water partition coefficient (Wildman–Crippen LogP) is 1.19. The third-order valence-corrected chi connectivity index (χ3v) is 5.20. The van der Waals surface area contributed by atoms with Gasteiger partial charge in [0.05, 0.1) is 26.8 Å². The van der Waals surface area contributed by atoms with E-state index in [2.05, 4.69) is 5.32 Å². The van der Waals surface area contributed by atoms with Crippen LogP contribution >= 0.6 is 0 Å². The molecular weight excluding hydrogens is 370 g/mol. The molecule has 29 heavy (non-hydrogen) atoms. The largest absolute Gasteiger partial charge is 0.497 e. The zero-order valence-electron chi connectivity index (χ0n) is 18.6. The number of quaternary nitrogens is 1. The van der Waals surface area contributed by atoms with Gasteiger partial charge in [0, 0.05) is 17.6 Å². The molecular formula is C22H36N3O4+. The highest BCUT2D eigenvalue weighted by molar-refractivity contribution is 5.80. The summed E-state index contributed by atoms with van der Waals surface area (Å²) in [5, 5.41) is 2.97. The van der Waals surface area contributed by atoms with Gasteiger partial charge >= 0.3 is 0 Å². The number of hydrogen-bond donors (Lipinski definition) is 2. The molecule has 1 aromatic carbocycles. The van der Waals surface area contributed by atoms with Crippen LogP contribution < -0.4 is 19.7 Å². The monoisotopic (exact) mass is 406 g/mol. The molecule has 0 aromatic heterocycles. The summed E-state index contributed by atoms with van der Waals surface area (Å²) in [6.45, 7) is 9.89. The molecule has 1 aromatic rings. The number of benzene rings is 1. The highest BCUT2D eigenvalue weighted by atomic mass is 16.5. The third-order valence-electron chi connectivity index (χ3n) is 5.20. The summed E-state index contributed by atoms with van der Waals surface area (Å²) in [7, 11) is 3.28. The molecule has 2 atom stereocenters. The molecule has 1 aliphatic heterocycles. The average Bonchev–Trinajstić information content (AvgIpc) is 3.15. The first-order valence-electron chi connectivity index (χ1n) is 10.3. The van der Waals surface area contributed by atoms with Crippen LogP contribution in [0.1, 0.15) is 52.1 Å². The van der Waals surface area contributed by atoms with Gasteiger partial charge in [-0.2, -0.15) is 0 Å². The van der Waals surface area contributed by atoms with Crippen molar-refractivity contribution < 1.29 is 24.0 Å². The van der Waals surface area contributed by atoms with E-state index < -0.39 is 0 Å². The van der Waals surface area contributed by atoms with Crippen LogP contribution in [0.4, 0.5) is 0 Å². The van der Waals surface area contributed by atoms with Crippen LogP contribution in [0.2, 0.25) is 0 Å². The highest BCUT2D eigenvalue weighted by Gasteiger charge is 2.34. The van der Waals surface area contributed by atoms with Crippen LogP contribution in [-0.2, 0) is 9.59 Å². The molecule has 1 saturated heterocycles. The van der Waals surface area contributed by atoms with Crippen molar-refractivity contribution in [2.75, 3.05) is 40.4 Å². The van der Waals surface area contributed by atoms with Crippen molar-refractivity contribution in [3.63, 3.8) is 0 Å². The van der Waals surface area contributed by atoms with Crippen LogP contribution in [0, 0.1) is 0 Å². The minimum absolute atomic E-state index is 0.0328. The standard InChI is InChI=1S/C22H35N3O4/c1-7-24(14-20(26)23-22(2,3)4)15-21(27)25-12-8-9-18(25)17-13-16(28-5)10-11-19(17)29-6/h10-11,13,18H,7-9,12,14-15H2,1-6H3,(H,23,26)/p+1/t18-/m0/s1. The van der Waals surface area contributed by atoms with Crippen molar-refractivity contribution in [1.82, 2.24) is 10.2 Å². The molecule has 2 rings (SSSR count). The average molecular weight is 407 g/mol. The minimum Gasteiger partial charge on any atom is -0.497 e. The molecule has 0 radical (unpaired) electrons. The van der Waals surface area contributed by atoms with Gasteiger partial charge in [-0.3, -0.25) is 9.59 Å². The molecule has 2 amide bonds. The van der Waals surface area contributed by atoms with E-state index in [1.54, 1.807) is 14.2 Å². The van der Waals surface area contributed by atoms with Crippen molar-refractivity contribution >= 4 is 11.8 Å². The van der Waals surface area contributed by atoms with Gasteiger partial charge in [-0.1, -0.05) is 0 Å². The molecule has 0 aliphatic carbocycles. The van der Waals surface area contributed by atoms with E-state index in [-0.39, 0.29) is 23.4 Å². The summed E-state index contributed by atoms with van der Waals surface area (Å²) < 4.78 is 10.9. The number of likely N-dealkylation sites (tertiary alicyclic amines) is 1.